The van der Waals surface area contributed by atoms with E-state index in [1.165, 1.54) is 4.68 Å². The lowest BCUT2D eigenvalue weighted by Gasteiger charge is -2.17. The largest absolute Gasteiger partial charge is 0.348 e. The van der Waals surface area contributed by atoms with E-state index in [1.54, 1.807) is 25.4 Å². The van der Waals surface area contributed by atoms with E-state index < -0.39 is 0 Å². The summed E-state index contributed by atoms with van der Waals surface area (Å²) in [5.74, 6) is -0.226. The molecule has 0 saturated carbocycles. The molecule has 0 aliphatic rings. The smallest absolute Gasteiger partial charge is 0.277 e. The van der Waals surface area contributed by atoms with Crippen molar-refractivity contribution in [1.29, 1.82) is 0 Å². The van der Waals surface area contributed by atoms with Crippen LogP contribution in [-0.4, -0.2) is 22.1 Å². The lowest BCUT2D eigenvalue weighted by molar-refractivity contribution is 0.0951. The molecule has 0 aliphatic heterocycles. The number of benzene rings is 1. The predicted molar refractivity (Wildman–Crippen MR) is 103 cm³/mol. The summed E-state index contributed by atoms with van der Waals surface area (Å²) < 4.78 is 1.46. The van der Waals surface area contributed by atoms with E-state index in [2.05, 4.69) is 15.7 Å². The number of rotatable bonds is 6. The summed E-state index contributed by atoms with van der Waals surface area (Å²) in [4.78, 5) is 29.8. The molecule has 26 heavy (non-hydrogen) atoms. The average Bonchev–Trinajstić information content (AvgIpc) is 2.67. The summed E-state index contributed by atoms with van der Waals surface area (Å²) in [5, 5.41) is 3.98. The molecule has 134 valence electrons. The molecule has 0 radical (unpaired) electrons. The minimum Gasteiger partial charge on any atom is -0.348 e. The van der Waals surface area contributed by atoms with Crippen molar-refractivity contribution in [2.24, 2.45) is 0 Å². The van der Waals surface area contributed by atoms with Crippen molar-refractivity contribution in [3.8, 4) is 0 Å². The molecule has 0 unspecified atom stereocenters. The van der Waals surface area contributed by atoms with Crippen LogP contribution in [0.1, 0.15) is 35.0 Å². The van der Waals surface area contributed by atoms with Gasteiger partial charge in [0.15, 0.2) is 0 Å². The van der Waals surface area contributed by atoms with Gasteiger partial charge in [0.25, 0.3) is 11.5 Å². The third-order valence-electron chi connectivity index (χ3n) is 4.26. The van der Waals surface area contributed by atoms with Crippen LogP contribution in [0.4, 0.5) is 0 Å². The van der Waals surface area contributed by atoms with Crippen LogP contribution < -0.4 is 16.3 Å². The van der Waals surface area contributed by atoms with Gasteiger partial charge in [-0.05, 0) is 25.0 Å². The molecule has 0 aliphatic carbocycles. The van der Waals surface area contributed by atoms with Crippen molar-refractivity contribution in [2.45, 2.75) is 26.8 Å². The van der Waals surface area contributed by atoms with Gasteiger partial charge < -0.3 is 10.7 Å². The van der Waals surface area contributed by atoms with Gasteiger partial charge in [-0.25, -0.2) is 4.68 Å². The Morgan fingerprint density at radius 1 is 1.15 bits per heavy atom. The van der Waals surface area contributed by atoms with Crippen molar-refractivity contribution in [3.05, 3.63) is 76.0 Å². The highest BCUT2D eigenvalue weighted by atomic mass is 16.2. The Balaban J connectivity index is 2.03. The van der Waals surface area contributed by atoms with E-state index in [-0.39, 0.29) is 11.5 Å². The van der Waals surface area contributed by atoms with Crippen LogP contribution in [0.3, 0.4) is 0 Å². The van der Waals surface area contributed by atoms with Crippen LogP contribution >= 0.6 is 0 Å². The van der Waals surface area contributed by atoms with Gasteiger partial charge in [-0.2, -0.15) is 0 Å². The predicted octanol–water partition coefficient (Wildman–Crippen LogP) is 2.59. The molecule has 1 aromatic carbocycles. The number of hydrogen-bond donors (Lipinski definition) is 2. The summed E-state index contributed by atoms with van der Waals surface area (Å²) in [6.45, 7) is 4.85. The molecule has 1 amide bonds. The molecule has 3 rings (SSSR count). The molecular weight excluding hydrogens is 328 g/mol. The monoisotopic (exact) mass is 350 g/mol. The normalized spacial score (nSPS) is 10.7. The van der Waals surface area contributed by atoms with Gasteiger partial charge in [0.2, 0.25) is 0 Å². The van der Waals surface area contributed by atoms with Gasteiger partial charge in [-0.15, -0.1) is 0 Å². The van der Waals surface area contributed by atoms with Crippen LogP contribution in [0.2, 0.25) is 0 Å². The first-order chi connectivity index (χ1) is 12.6. The van der Waals surface area contributed by atoms with Gasteiger partial charge >= 0.3 is 0 Å². The van der Waals surface area contributed by atoms with E-state index >= 15 is 0 Å². The Hall–Kier alpha value is -3.15. The van der Waals surface area contributed by atoms with Gasteiger partial charge in [0, 0.05) is 30.9 Å². The second-order valence-corrected chi connectivity index (χ2v) is 6.10. The highest BCUT2D eigenvalue weighted by Gasteiger charge is 2.19. The van der Waals surface area contributed by atoms with Gasteiger partial charge in [0.1, 0.15) is 0 Å². The topological polar surface area (TPSA) is 76.0 Å². The number of aromatic nitrogens is 2. The third kappa shape index (κ3) is 3.44. The first kappa shape index (κ1) is 17.7. The number of carbonyl (C=O) groups excluding carboxylic acids is 1. The maximum atomic E-state index is 12.9. The summed E-state index contributed by atoms with van der Waals surface area (Å²) in [6, 6.07) is 11.4. The van der Waals surface area contributed by atoms with Gasteiger partial charge in [0.05, 0.1) is 16.6 Å². The fraction of sp³-hybridized carbons (Fsp3) is 0.250. The van der Waals surface area contributed by atoms with Crippen LogP contribution in [-0.2, 0) is 6.54 Å². The quantitative estimate of drug-likeness (QED) is 0.716. The van der Waals surface area contributed by atoms with E-state index in [1.807, 2.05) is 37.3 Å². The molecule has 2 aromatic heterocycles. The second kappa shape index (κ2) is 7.82. The minimum absolute atomic E-state index is 0.173. The molecule has 0 fully saturated rings. The number of pyridine rings is 2. The van der Waals surface area contributed by atoms with Crippen LogP contribution in [0.25, 0.3) is 10.8 Å². The van der Waals surface area contributed by atoms with Crippen LogP contribution in [0.5, 0.6) is 0 Å². The zero-order valence-corrected chi connectivity index (χ0v) is 15.0. The standard InChI is InChI=1S/C20H22N4O2/c1-3-10-23-24-14(2)18(17-13-21-11-9-16(17)20(24)26)19(25)22-12-15-7-5-4-6-8-15/h4-9,11,13,23H,3,10,12H2,1-2H3,(H,22,25). The molecule has 0 bridgehead atoms. The Labute approximate surface area is 151 Å². The molecule has 0 saturated heterocycles. The first-order valence-corrected chi connectivity index (χ1v) is 8.68. The Morgan fingerprint density at radius 2 is 1.92 bits per heavy atom. The van der Waals surface area contributed by atoms with Crippen molar-refractivity contribution >= 4 is 16.7 Å². The summed E-state index contributed by atoms with van der Waals surface area (Å²) in [7, 11) is 0. The summed E-state index contributed by atoms with van der Waals surface area (Å²) in [5.41, 5.74) is 4.98. The lowest BCUT2D eigenvalue weighted by Crippen LogP contribution is -2.35. The molecule has 3 aromatic rings. The first-order valence-electron chi connectivity index (χ1n) is 8.68. The number of hydrogen-bond acceptors (Lipinski definition) is 4. The molecule has 0 spiro atoms. The van der Waals surface area contributed by atoms with Crippen molar-refractivity contribution in [2.75, 3.05) is 12.0 Å². The highest BCUT2D eigenvalue weighted by Crippen LogP contribution is 2.18. The lowest BCUT2D eigenvalue weighted by atomic mass is 10.1. The molecular formula is C20H22N4O2. The second-order valence-electron chi connectivity index (χ2n) is 6.10. The zero-order valence-electron chi connectivity index (χ0n) is 15.0. The molecule has 0 atom stereocenters. The van der Waals surface area contributed by atoms with Crippen LogP contribution in [0.15, 0.2) is 53.6 Å². The number of fused-ring (bicyclic) bond motifs is 1. The maximum absolute atomic E-state index is 12.9. The SMILES string of the molecule is CCCNn1c(C)c(C(=O)NCc2ccccc2)c2cnccc2c1=O. The minimum atomic E-state index is -0.226. The molecule has 6 heteroatoms. The number of nitrogens with one attached hydrogen (secondary N) is 2. The average molecular weight is 350 g/mol. The maximum Gasteiger partial charge on any atom is 0.277 e. The van der Waals surface area contributed by atoms with Crippen LogP contribution in [0, 0.1) is 6.92 Å². The van der Waals surface area contributed by atoms with Gasteiger partial charge in [-0.3, -0.25) is 14.6 Å². The van der Waals surface area contributed by atoms with Gasteiger partial charge in [-0.1, -0.05) is 37.3 Å². The van der Waals surface area contributed by atoms with E-state index in [9.17, 15) is 9.59 Å². The van der Waals surface area contributed by atoms with E-state index in [0.717, 1.165) is 12.0 Å². The third-order valence-corrected chi connectivity index (χ3v) is 4.26. The van der Waals surface area contributed by atoms with E-state index in [0.29, 0.717) is 35.1 Å². The fourth-order valence-electron chi connectivity index (χ4n) is 2.93. The Bertz CT molecular complexity index is 980. The van der Waals surface area contributed by atoms with Crippen molar-refractivity contribution in [1.82, 2.24) is 15.0 Å². The van der Waals surface area contributed by atoms with Crippen molar-refractivity contribution < 1.29 is 4.79 Å². The molecule has 6 nitrogen and oxygen atoms in total. The zero-order chi connectivity index (χ0) is 18.5. The highest BCUT2D eigenvalue weighted by molar-refractivity contribution is 6.07. The molecule has 2 heterocycles. The van der Waals surface area contributed by atoms with E-state index in [4.69, 9.17) is 0 Å². The Morgan fingerprint density at radius 3 is 2.65 bits per heavy atom. The number of carbonyl (C=O) groups is 1. The summed E-state index contributed by atoms with van der Waals surface area (Å²) >= 11 is 0. The number of nitrogens with zero attached hydrogens (tertiary/aromatic N) is 2. The Kier molecular flexibility index (Phi) is 5.31. The summed E-state index contributed by atoms with van der Waals surface area (Å²) in [6.07, 6.45) is 4.01. The number of amides is 1. The molecule has 2 N–H and O–H groups in total. The van der Waals surface area contributed by atoms with Crippen molar-refractivity contribution in [3.63, 3.8) is 0 Å². The fourth-order valence-corrected chi connectivity index (χ4v) is 2.93.